The van der Waals surface area contributed by atoms with Crippen LogP contribution in [-0.2, 0) is 14.8 Å². The molecule has 1 amide bonds. The van der Waals surface area contributed by atoms with Gasteiger partial charge in [-0.15, -0.1) is 11.8 Å². The Hall–Kier alpha value is -4.77. The van der Waals surface area contributed by atoms with Crippen molar-refractivity contribution in [2.45, 2.75) is 36.0 Å². The molecule has 0 saturated carbocycles. The number of aromatic nitrogens is 2. The first-order valence-electron chi connectivity index (χ1n) is 16.0. The number of amides is 1. The van der Waals surface area contributed by atoms with Gasteiger partial charge in [-0.3, -0.25) is 4.79 Å². The Morgan fingerprint density at radius 3 is 2.10 bits per heavy atom. The Labute approximate surface area is 285 Å². The van der Waals surface area contributed by atoms with Crippen LogP contribution in [-0.4, -0.2) is 53.0 Å². The highest BCUT2D eigenvalue weighted by Crippen LogP contribution is 2.32. The normalized spacial score (nSPS) is 16.4. The molecule has 1 aromatic heterocycles. The Kier molecular flexibility index (Phi) is 9.12. The van der Waals surface area contributed by atoms with Crippen molar-refractivity contribution in [1.29, 1.82) is 0 Å². The summed E-state index contributed by atoms with van der Waals surface area (Å²) in [6.45, 7) is 3.15. The van der Waals surface area contributed by atoms with Gasteiger partial charge in [0.2, 0.25) is 10.0 Å². The summed E-state index contributed by atoms with van der Waals surface area (Å²) in [5, 5.41) is 11.2. The Bertz CT molecular complexity index is 2090. The van der Waals surface area contributed by atoms with E-state index >= 15 is 0 Å². The number of carbonyl (C=O) groups is 1. The lowest BCUT2D eigenvalue weighted by atomic mass is 10.0. The van der Waals surface area contributed by atoms with Gasteiger partial charge in [0.1, 0.15) is 0 Å². The summed E-state index contributed by atoms with van der Waals surface area (Å²) in [5.41, 5.74) is 5.97. The molecule has 0 aliphatic carbocycles. The third kappa shape index (κ3) is 6.64. The monoisotopic (exact) mass is 673 g/mol. The van der Waals surface area contributed by atoms with Gasteiger partial charge in [-0.05, 0) is 74.4 Å². The second kappa shape index (κ2) is 13.8. The molecule has 8 nitrogen and oxygen atoms in total. The van der Waals surface area contributed by atoms with Gasteiger partial charge in [-0.1, -0.05) is 72.6 Å². The van der Waals surface area contributed by atoms with Crippen molar-refractivity contribution in [1.82, 2.24) is 14.1 Å². The van der Waals surface area contributed by atoms with E-state index in [0.29, 0.717) is 41.5 Å². The third-order valence-corrected chi connectivity index (χ3v) is 11.4. The van der Waals surface area contributed by atoms with Crippen LogP contribution in [0.2, 0.25) is 0 Å². The number of para-hydroxylation sites is 2. The molecule has 2 aliphatic rings. The van der Waals surface area contributed by atoms with E-state index in [1.165, 1.54) is 10.6 Å². The molecule has 242 valence electrons. The lowest BCUT2D eigenvalue weighted by molar-refractivity contribution is -0.114. The molecule has 0 unspecified atom stereocenters. The van der Waals surface area contributed by atoms with Crippen LogP contribution >= 0.6 is 11.8 Å². The largest absolute Gasteiger partial charge is 0.280 e. The Morgan fingerprint density at radius 2 is 1.44 bits per heavy atom. The van der Waals surface area contributed by atoms with E-state index in [-0.39, 0.29) is 10.8 Å². The van der Waals surface area contributed by atoms with E-state index in [1.54, 1.807) is 45.0 Å². The van der Waals surface area contributed by atoms with Crippen LogP contribution in [0.1, 0.15) is 30.4 Å². The zero-order valence-corrected chi connectivity index (χ0v) is 28.2. The van der Waals surface area contributed by atoms with Crippen molar-refractivity contribution >= 4 is 45.2 Å². The van der Waals surface area contributed by atoms with Crippen molar-refractivity contribution in [2.24, 2.45) is 5.10 Å². The summed E-state index contributed by atoms with van der Waals surface area (Å²) in [4.78, 5) is 15.4. The molecular weight excluding hydrogens is 639 g/mol. The predicted octanol–water partition coefficient (Wildman–Crippen LogP) is 7.60. The van der Waals surface area contributed by atoms with Gasteiger partial charge in [-0.25, -0.2) is 13.1 Å². The lowest BCUT2D eigenvalue weighted by Gasteiger charge is -2.25. The van der Waals surface area contributed by atoms with E-state index < -0.39 is 10.0 Å². The number of hydrogen-bond donors (Lipinski definition) is 0. The highest BCUT2D eigenvalue weighted by molar-refractivity contribution is 8.00. The Morgan fingerprint density at radius 1 is 0.792 bits per heavy atom. The molecule has 0 radical (unpaired) electrons. The number of piperidine rings is 1. The molecule has 0 bridgehead atoms. The smallest absolute Gasteiger partial charge is 0.267 e. The van der Waals surface area contributed by atoms with Crippen LogP contribution < -0.4 is 5.01 Å². The maximum Gasteiger partial charge on any atom is 0.280 e. The van der Waals surface area contributed by atoms with Gasteiger partial charge >= 0.3 is 0 Å². The molecule has 4 aromatic carbocycles. The highest BCUT2D eigenvalue weighted by atomic mass is 32.2. The molecule has 48 heavy (non-hydrogen) atoms. The van der Waals surface area contributed by atoms with E-state index in [9.17, 15) is 13.2 Å². The van der Waals surface area contributed by atoms with Gasteiger partial charge in [-0.2, -0.15) is 19.5 Å². The Balaban J connectivity index is 1.28. The van der Waals surface area contributed by atoms with E-state index in [1.807, 2.05) is 72.9 Å². The van der Waals surface area contributed by atoms with Crippen LogP contribution in [0.3, 0.4) is 0 Å². The molecule has 0 N–H and O–H groups in total. The first-order valence-corrected chi connectivity index (χ1v) is 18.4. The number of thioether (sulfide) groups is 1. The van der Waals surface area contributed by atoms with Gasteiger partial charge in [0.15, 0.2) is 0 Å². The first kappa shape index (κ1) is 31.8. The van der Waals surface area contributed by atoms with Crippen molar-refractivity contribution in [3.05, 3.63) is 132 Å². The molecule has 1 saturated heterocycles. The molecular formula is C38H35N5O3S2. The van der Waals surface area contributed by atoms with Crippen molar-refractivity contribution in [3.63, 3.8) is 0 Å². The fourth-order valence-electron chi connectivity index (χ4n) is 5.86. The summed E-state index contributed by atoms with van der Waals surface area (Å²) >= 11 is 1.63. The summed E-state index contributed by atoms with van der Waals surface area (Å²) in [6, 6.07) is 34.4. The molecule has 3 heterocycles. The second-order valence-corrected chi connectivity index (χ2v) is 14.8. The number of aryl methyl sites for hydroxylation is 1. The van der Waals surface area contributed by atoms with Crippen LogP contribution in [0.5, 0.6) is 0 Å². The number of hydrogen-bond acceptors (Lipinski definition) is 6. The van der Waals surface area contributed by atoms with Crippen molar-refractivity contribution < 1.29 is 13.2 Å². The summed E-state index contributed by atoms with van der Waals surface area (Å²) in [6.07, 6.45) is 6.57. The summed E-state index contributed by atoms with van der Waals surface area (Å²) in [5.74, 6) is 0.275. The molecule has 7 rings (SSSR count). The average molecular weight is 674 g/mol. The van der Waals surface area contributed by atoms with E-state index in [2.05, 4.69) is 31.2 Å². The van der Waals surface area contributed by atoms with Gasteiger partial charge in [0.05, 0.1) is 33.2 Å². The number of rotatable bonds is 9. The quantitative estimate of drug-likeness (QED) is 0.119. The van der Waals surface area contributed by atoms with E-state index in [0.717, 1.165) is 41.0 Å². The molecule has 2 aliphatic heterocycles. The van der Waals surface area contributed by atoms with E-state index in [4.69, 9.17) is 10.2 Å². The molecule has 0 spiro atoms. The number of hydrazone groups is 1. The fourth-order valence-corrected chi connectivity index (χ4v) is 8.23. The second-order valence-electron chi connectivity index (χ2n) is 11.9. The number of sulfonamides is 1. The van der Waals surface area contributed by atoms with Gasteiger partial charge in [0, 0.05) is 41.1 Å². The zero-order chi connectivity index (χ0) is 33.1. The lowest BCUT2D eigenvalue weighted by Crippen LogP contribution is -2.35. The van der Waals surface area contributed by atoms with Gasteiger partial charge < -0.3 is 0 Å². The van der Waals surface area contributed by atoms with Crippen LogP contribution in [0.4, 0.5) is 5.69 Å². The minimum Gasteiger partial charge on any atom is -0.267 e. The minimum absolute atomic E-state index is 0.220. The highest BCUT2D eigenvalue weighted by Gasteiger charge is 2.32. The average Bonchev–Trinajstić information content (AvgIpc) is 3.70. The van der Waals surface area contributed by atoms with Crippen LogP contribution in [0, 0.1) is 6.92 Å². The topological polar surface area (TPSA) is 87.9 Å². The molecule has 0 atom stereocenters. The van der Waals surface area contributed by atoms with Crippen LogP contribution in [0.25, 0.3) is 23.0 Å². The summed E-state index contributed by atoms with van der Waals surface area (Å²) < 4.78 is 30.1. The van der Waals surface area contributed by atoms with Crippen molar-refractivity contribution in [2.75, 3.05) is 23.9 Å². The number of carbonyl (C=O) groups excluding carboxylic acids is 1. The standard InChI is InChI=1S/C38H35N5O3S2/c1-28-15-19-33(20-16-28)47-27-36-35(38(44)43(39-36)32-13-7-3-8-14-32)25-30-26-42(31-11-5-2-6-12-31)40-37(30)29-17-21-34(22-18-29)48(45,46)41-23-9-4-10-24-41/h2-3,5-8,11-22,25-26H,4,9-10,23-24,27H2,1H3/b35-25-. The number of anilines is 1. The third-order valence-electron chi connectivity index (χ3n) is 8.50. The van der Waals surface area contributed by atoms with Gasteiger partial charge in [0.25, 0.3) is 5.91 Å². The molecule has 5 aromatic rings. The SMILES string of the molecule is Cc1ccc(SCC2=NN(c3ccccc3)C(=O)/C2=C\c2cn(-c3ccccc3)nc2-c2ccc(S(=O)(=O)N3CCCCC3)cc2)cc1. The molecule has 10 heteroatoms. The maximum absolute atomic E-state index is 14.0. The summed E-state index contributed by atoms with van der Waals surface area (Å²) in [7, 11) is -3.58. The number of nitrogens with zero attached hydrogens (tertiary/aromatic N) is 5. The first-order chi connectivity index (χ1) is 23.4. The molecule has 1 fully saturated rings. The van der Waals surface area contributed by atoms with Crippen LogP contribution in [0.15, 0.2) is 136 Å². The number of benzene rings is 4. The minimum atomic E-state index is -3.58. The zero-order valence-electron chi connectivity index (χ0n) is 26.6. The maximum atomic E-state index is 14.0. The predicted molar refractivity (Wildman–Crippen MR) is 193 cm³/mol. The van der Waals surface area contributed by atoms with Crippen molar-refractivity contribution in [3.8, 4) is 16.9 Å². The fraction of sp³-hybridized carbons (Fsp3) is 0.184.